The lowest BCUT2D eigenvalue weighted by Crippen LogP contribution is -2.07. The van der Waals surface area contributed by atoms with Crippen molar-refractivity contribution in [3.8, 4) is 11.5 Å². The van der Waals surface area contributed by atoms with Crippen LogP contribution in [0.3, 0.4) is 0 Å². The van der Waals surface area contributed by atoms with Gasteiger partial charge in [-0.05, 0) is 19.9 Å². The molecular formula is C11H12N2O4. The fraction of sp³-hybridized carbons (Fsp3) is 0.273. The van der Waals surface area contributed by atoms with Crippen LogP contribution in [0.25, 0.3) is 11.5 Å². The molecule has 0 spiro atoms. The summed E-state index contributed by atoms with van der Waals surface area (Å²) in [6.45, 7) is 3.72. The molecule has 2 aromatic rings. The number of nitrogens with zero attached hydrogens (tertiary/aromatic N) is 1. The maximum atomic E-state index is 11.5. The van der Waals surface area contributed by atoms with Crippen LogP contribution in [0.2, 0.25) is 0 Å². The summed E-state index contributed by atoms with van der Waals surface area (Å²) < 4.78 is 15.1. The number of furan rings is 1. The van der Waals surface area contributed by atoms with Crippen molar-refractivity contribution in [1.29, 1.82) is 0 Å². The predicted molar refractivity (Wildman–Crippen MR) is 59.3 cm³/mol. The van der Waals surface area contributed by atoms with Crippen molar-refractivity contribution in [2.45, 2.75) is 13.8 Å². The van der Waals surface area contributed by atoms with E-state index in [-0.39, 0.29) is 24.1 Å². The molecule has 0 unspecified atom stereocenters. The first-order valence-electron chi connectivity index (χ1n) is 5.11. The Bertz CT molecular complexity index is 541. The second kappa shape index (κ2) is 4.32. The van der Waals surface area contributed by atoms with Crippen LogP contribution < -0.4 is 5.73 Å². The van der Waals surface area contributed by atoms with Gasteiger partial charge in [-0.2, -0.15) is 4.98 Å². The highest BCUT2D eigenvalue weighted by Crippen LogP contribution is 2.27. The quantitative estimate of drug-likeness (QED) is 0.819. The number of carbonyl (C=O) groups excluding carboxylic acids is 1. The molecule has 6 nitrogen and oxygen atoms in total. The monoisotopic (exact) mass is 236 g/mol. The van der Waals surface area contributed by atoms with Gasteiger partial charge in [-0.15, -0.1) is 0 Å². The van der Waals surface area contributed by atoms with Crippen LogP contribution in [-0.2, 0) is 4.74 Å². The summed E-state index contributed by atoms with van der Waals surface area (Å²) in [6.07, 6.45) is 1.51. The topological polar surface area (TPSA) is 91.5 Å². The number of rotatable bonds is 3. The van der Waals surface area contributed by atoms with Crippen LogP contribution >= 0.6 is 0 Å². The molecule has 0 aliphatic rings. The number of hydrogen-bond acceptors (Lipinski definition) is 6. The normalized spacial score (nSPS) is 10.5. The van der Waals surface area contributed by atoms with Crippen LogP contribution in [0, 0.1) is 6.92 Å². The number of nitrogens with two attached hydrogens (primary N) is 1. The van der Waals surface area contributed by atoms with Gasteiger partial charge in [0.2, 0.25) is 17.5 Å². The number of nitrogen functional groups attached to an aromatic ring is 1. The lowest BCUT2D eigenvalue weighted by molar-refractivity contribution is 0.0521. The molecule has 2 heterocycles. The molecule has 0 aromatic carbocycles. The standard InChI is InChI=1S/C11H12N2O4/c1-3-15-11(14)8-9(12)17-10(13-8)7-4-5-16-6(7)2/h4-5H,3,12H2,1-2H3. The van der Waals surface area contributed by atoms with E-state index in [0.29, 0.717) is 11.3 Å². The summed E-state index contributed by atoms with van der Waals surface area (Å²) in [5.74, 6) is 0.235. The summed E-state index contributed by atoms with van der Waals surface area (Å²) >= 11 is 0. The molecule has 0 saturated carbocycles. The Balaban J connectivity index is 2.37. The first-order chi connectivity index (χ1) is 8.13. The minimum absolute atomic E-state index is 0.0116. The van der Waals surface area contributed by atoms with Gasteiger partial charge in [-0.1, -0.05) is 0 Å². The third kappa shape index (κ3) is 2.01. The predicted octanol–water partition coefficient (Wildman–Crippen LogP) is 2.00. The molecule has 17 heavy (non-hydrogen) atoms. The van der Waals surface area contributed by atoms with Gasteiger partial charge in [-0.3, -0.25) is 0 Å². The molecule has 0 amide bonds. The molecule has 0 aliphatic carbocycles. The van der Waals surface area contributed by atoms with Gasteiger partial charge in [0.1, 0.15) is 5.76 Å². The highest BCUT2D eigenvalue weighted by molar-refractivity contribution is 5.92. The molecule has 0 saturated heterocycles. The average Bonchev–Trinajstić information content (AvgIpc) is 2.84. The van der Waals surface area contributed by atoms with Gasteiger partial charge in [0.05, 0.1) is 18.4 Å². The third-order valence-electron chi connectivity index (χ3n) is 2.21. The minimum Gasteiger partial charge on any atom is -0.469 e. The molecule has 0 bridgehead atoms. The molecule has 6 heteroatoms. The van der Waals surface area contributed by atoms with Crippen molar-refractivity contribution >= 4 is 11.9 Å². The maximum absolute atomic E-state index is 11.5. The highest BCUT2D eigenvalue weighted by Gasteiger charge is 2.21. The number of aryl methyl sites for hydroxylation is 1. The fourth-order valence-electron chi connectivity index (χ4n) is 1.40. The number of anilines is 1. The largest absolute Gasteiger partial charge is 0.469 e. The summed E-state index contributed by atoms with van der Waals surface area (Å²) in [5.41, 5.74) is 6.22. The first-order valence-corrected chi connectivity index (χ1v) is 5.11. The molecule has 0 radical (unpaired) electrons. The number of aromatic nitrogens is 1. The zero-order chi connectivity index (χ0) is 12.4. The second-order valence-electron chi connectivity index (χ2n) is 3.34. The molecule has 0 fully saturated rings. The van der Waals surface area contributed by atoms with Crippen molar-refractivity contribution in [2.24, 2.45) is 0 Å². The van der Waals surface area contributed by atoms with Crippen molar-refractivity contribution in [3.05, 3.63) is 23.8 Å². The van der Waals surface area contributed by atoms with Crippen molar-refractivity contribution < 1.29 is 18.4 Å². The van der Waals surface area contributed by atoms with Crippen LogP contribution in [-0.4, -0.2) is 17.6 Å². The molecule has 2 N–H and O–H groups in total. The Hall–Kier alpha value is -2.24. The maximum Gasteiger partial charge on any atom is 0.362 e. The lowest BCUT2D eigenvalue weighted by atomic mass is 10.2. The fourth-order valence-corrected chi connectivity index (χ4v) is 1.40. The Labute approximate surface area is 97.4 Å². The lowest BCUT2D eigenvalue weighted by Gasteiger charge is -1.96. The van der Waals surface area contributed by atoms with E-state index >= 15 is 0 Å². The van der Waals surface area contributed by atoms with E-state index < -0.39 is 5.97 Å². The van der Waals surface area contributed by atoms with E-state index in [4.69, 9.17) is 19.3 Å². The van der Waals surface area contributed by atoms with Gasteiger partial charge in [0, 0.05) is 0 Å². The number of carbonyl (C=O) groups is 1. The van der Waals surface area contributed by atoms with Crippen LogP contribution in [0.15, 0.2) is 21.2 Å². The smallest absolute Gasteiger partial charge is 0.362 e. The number of esters is 1. The van der Waals surface area contributed by atoms with Crippen molar-refractivity contribution in [2.75, 3.05) is 12.3 Å². The summed E-state index contributed by atoms with van der Waals surface area (Å²) in [6, 6.07) is 1.69. The van der Waals surface area contributed by atoms with E-state index in [1.54, 1.807) is 19.9 Å². The van der Waals surface area contributed by atoms with Gasteiger partial charge in [0.15, 0.2) is 0 Å². The summed E-state index contributed by atoms with van der Waals surface area (Å²) in [5, 5.41) is 0. The molecule has 2 rings (SSSR count). The molecular weight excluding hydrogens is 224 g/mol. The van der Waals surface area contributed by atoms with E-state index in [2.05, 4.69) is 4.98 Å². The Morgan fingerprint density at radius 1 is 1.59 bits per heavy atom. The van der Waals surface area contributed by atoms with Crippen LogP contribution in [0.1, 0.15) is 23.2 Å². The number of oxazole rings is 1. The molecule has 0 aliphatic heterocycles. The van der Waals surface area contributed by atoms with E-state index in [1.807, 2.05) is 0 Å². The molecule has 0 atom stereocenters. The Kier molecular flexibility index (Phi) is 2.86. The summed E-state index contributed by atoms with van der Waals surface area (Å²) in [7, 11) is 0. The van der Waals surface area contributed by atoms with Gasteiger partial charge < -0.3 is 19.3 Å². The van der Waals surface area contributed by atoms with Gasteiger partial charge in [-0.25, -0.2) is 4.79 Å². The highest BCUT2D eigenvalue weighted by atomic mass is 16.5. The molecule has 2 aromatic heterocycles. The van der Waals surface area contributed by atoms with Crippen molar-refractivity contribution in [1.82, 2.24) is 4.98 Å². The average molecular weight is 236 g/mol. The first kappa shape index (κ1) is 11.3. The second-order valence-corrected chi connectivity index (χ2v) is 3.34. The zero-order valence-electron chi connectivity index (χ0n) is 9.52. The van der Waals surface area contributed by atoms with E-state index in [0.717, 1.165) is 0 Å². The SMILES string of the molecule is CCOC(=O)c1nc(-c2ccoc2C)oc1N. The zero-order valence-corrected chi connectivity index (χ0v) is 9.52. The van der Waals surface area contributed by atoms with Crippen LogP contribution in [0.5, 0.6) is 0 Å². The number of hydrogen-bond donors (Lipinski definition) is 1. The van der Waals surface area contributed by atoms with Crippen LogP contribution in [0.4, 0.5) is 5.88 Å². The van der Waals surface area contributed by atoms with Crippen molar-refractivity contribution in [3.63, 3.8) is 0 Å². The Morgan fingerprint density at radius 3 is 2.94 bits per heavy atom. The Morgan fingerprint density at radius 2 is 2.35 bits per heavy atom. The van der Waals surface area contributed by atoms with E-state index in [1.165, 1.54) is 6.26 Å². The summed E-state index contributed by atoms with van der Waals surface area (Å²) in [4.78, 5) is 15.5. The number of ether oxygens (including phenoxy) is 1. The third-order valence-corrected chi connectivity index (χ3v) is 2.21. The van der Waals surface area contributed by atoms with Gasteiger partial charge >= 0.3 is 5.97 Å². The van der Waals surface area contributed by atoms with E-state index in [9.17, 15) is 4.79 Å². The molecule has 90 valence electrons. The minimum atomic E-state index is -0.596. The van der Waals surface area contributed by atoms with Gasteiger partial charge in [0.25, 0.3) is 0 Å².